The fourth-order valence-electron chi connectivity index (χ4n) is 2.54. The number of carbonyl (C=O) groups is 3. The Hall–Kier alpha value is -1.59. The van der Waals surface area contributed by atoms with Gasteiger partial charge in [0.1, 0.15) is 12.6 Å². The second kappa shape index (κ2) is 7.61. The summed E-state index contributed by atoms with van der Waals surface area (Å²) in [4.78, 5) is 39.4. The molecule has 22 heavy (non-hydrogen) atoms. The molecule has 0 spiro atoms. The minimum Gasteiger partial charge on any atom is -0.341 e. The predicted molar refractivity (Wildman–Crippen MR) is 85.1 cm³/mol. The molecule has 1 rings (SSSR count). The first-order valence-corrected chi connectivity index (χ1v) is 8.03. The number of hydrogen-bond acceptors (Lipinski definition) is 3. The van der Waals surface area contributed by atoms with E-state index >= 15 is 0 Å². The van der Waals surface area contributed by atoms with Crippen molar-refractivity contribution in [3.05, 3.63) is 0 Å². The quantitative estimate of drug-likeness (QED) is 0.728. The van der Waals surface area contributed by atoms with E-state index in [0.717, 1.165) is 4.90 Å². The van der Waals surface area contributed by atoms with Gasteiger partial charge in [-0.1, -0.05) is 41.5 Å². The van der Waals surface area contributed by atoms with Gasteiger partial charge < -0.3 is 10.2 Å². The molecule has 1 atom stereocenters. The molecule has 1 aliphatic heterocycles. The van der Waals surface area contributed by atoms with E-state index in [1.54, 1.807) is 4.90 Å². The van der Waals surface area contributed by atoms with Gasteiger partial charge in [0.15, 0.2) is 0 Å². The van der Waals surface area contributed by atoms with Crippen molar-refractivity contribution in [3.8, 4) is 0 Å². The Morgan fingerprint density at radius 2 is 1.59 bits per heavy atom. The van der Waals surface area contributed by atoms with Gasteiger partial charge >= 0.3 is 6.03 Å². The van der Waals surface area contributed by atoms with Crippen LogP contribution >= 0.6 is 0 Å². The lowest BCUT2D eigenvalue weighted by Crippen LogP contribution is -2.45. The molecule has 1 N–H and O–H groups in total. The van der Waals surface area contributed by atoms with Crippen LogP contribution in [-0.4, -0.2) is 53.3 Å². The first kappa shape index (κ1) is 18.5. The van der Waals surface area contributed by atoms with Gasteiger partial charge in [0.2, 0.25) is 5.91 Å². The van der Waals surface area contributed by atoms with Crippen LogP contribution in [0.4, 0.5) is 4.79 Å². The Bertz CT molecular complexity index is 422. The minimum atomic E-state index is -0.524. The Labute approximate surface area is 133 Å². The van der Waals surface area contributed by atoms with E-state index in [0.29, 0.717) is 24.9 Å². The molecule has 0 bridgehead atoms. The molecule has 0 saturated carbocycles. The highest BCUT2D eigenvalue weighted by atomic mass is 16.2. The summed E-state index contributed by atoms with van der Waals surface area (Å²) in [5, 5.41) is 2.65. The maximum Gasteiger partial charge on any atom is 0.325 e. The van der Waals surface area contributed by atoms with Crippen LogP contribution in [0.5, 0.6) is 0 Å². The standard InChI is InChI=1S/C16H29N3O3/c1-10(2)7-18(8-11(3)4)13(20)9-19-15(21)14(12(5)6)17-16(19)22/h10-12,14H,7-9H2,1-6H3,(H,17,22)/t14-/m1/s1. The van der Waals surface area contributed by atoms with Crippen molar-refractivity contribution >= 4 is 17.8 Å². The van der Waals surface area contributed by atoms with Crippen molar-refractivity contribution in [1.29, 1.82) is 0 Å². The molecule has 6 heteroatoms. The van der Waals surface area contributed by atoms with Crippen LogP contribution < -0.4 is 5.32 Å². The molecule has 1 heterocycles. The van der Waals surface area contributed by atoms with E-state index in [9.17, 15) is 14.4 Å². The van der Waals surface area contributed by atoms with E-state index in [2.05, 4.69) is 5.32 Å². The van der Waals surface area contributed by atoms with Gasteiger partial charge in [-0.15, -0.1) is 0 Å². The molecule has 4 amide bonds. The summed E-state index contributed by atoms with van der Waals surface area (Å²) in [5.74, 6) is 0.222. The topological polar surface area (TPSA) is 69.7 Å². The summed E-state index contributed by atoms with van der Waals surface area (Å²) in [6.45, 7) is 13.0. The number of imide groups is 1. The monoisotopic (exact) mass is 311 g/mol. The third kappa shape index (κ3) is 4.71. The zero-order chi connectivity index (χ0) is 17.0. The first-order chi connectivity index (χ1) is 10.1. The number of nitrogens with one attached hydrogen (secondary N) is 1. The van der Waals surface area contributed by atoms with Crippen molar-refractivity contribution in [2.45, 2.75) is 47.6 Å². The molecule has 6 nitrogen and oxygen atoms in total. The van der Waals surface area contributed by atoms with Crippen LogP contribution in [0.2, 0.25) is 0 Å². The summed E-state index contributed by atoms with van der Waals surface area (Å²) in [6, 6.07) is -0.991. The van der Waals surface area contributed by atoms with Crippen molar-refractivity contribution in [3.63, 3.8) is 0 Å². The summed E-state index contributed by atoms with van der Waals surface area (Å²) >= 11 is 0. The fraction of sp³-hybridized carbons (Fsp3) is 0.812. The minimum absolute atomic E-state index is 0.0129. The van der Waals surface area contributed by atoms with Crippen molar-refractivity contribution < 1.29 is 14.4 Å². The third-order valence-corrected chi connectivity index (χ3v) is 3.54. The largest absolute Gasteiger partial charge is 0.341 e. The van der Waals surface area contributed by atoms with Crippen LogP contribution in [0.3, 0.4) is 0 Å². The van der Waals surface area contributed by atoms with E-state index < -0.39 is 12.1 Å². The van der Waals surface area contributed by atoms with Gasteiger partial charge in [0.05, 0.1) is 0 Å². The third-order valence-electron chi connectivity index (χ3n) is 3.54. The molecule has 0 aromatic heterocycles. The van der Waals surface area contributed by atoms with Gasteiger partial charge in [-0.2, -0.15) is 0 Å². The second-order valence-corrected chi connectivity index (χ2v) is 7.18. The van der Waals surface area contributed by atoms with Gasteiger partial charge in [-0.05, 0) is 17.8 Å². The maximum absolute atomic E-state index is 12.5. The molecule has 1 aliphatic rings. The zero-order valence-corrected chi connectivity index (χ0v) is 14.5. The molecule has 0 aromatic rings. The summed E-state index contributed by atoms with van der Waals surface area (Å²) in [5.41, 5.74) is 0. The Balaban J connectivity index is 2.76. The summed E-state index contributed by atoms with van der Waals surface area (Å²) < 4.78 is 0. The number of amides is 4. The molecule has 1 fully saturated rings. The molecular weight excluding hydrogens is 282 g/mol. The Morgan fingerprint density at radius 3 is 1.95 bits per heavy atom. The van der Waals surface area contributed by atoms with Crippen molar-refractivity contribution in [2.75, 3.05) is 19.6 Å². The lowest BCUT2D eigenvalue weighted by atomic mass is 10.1. The molecule has 0 radical (unpaired) electrons. The molecular formula is C16H29N3O3. The smallest absolute Gasteiger partial charge is 0.325 e. The molecule has 0 aromatic carbocycles. The van der Waals surface area contributed by atoms with Crippen LogP contribution in [0.1, 0.15) is 41.5 Å². The predicted octanol–water partition coefficient (Wildman–Crippen LogP) is 1.70. The molecule has 0 unspecified atom stereocenters. The van der Waals surface area contributed by atoms with E-state index in [4.69, 9.17) is 0 Å². The summed E-state index contributed by atoms with van der Waals surface area (Å²) in [7, 11) is 0. The first-order valence-electron chi connectivity index (χ1n) is 8.03. The highest BCUT2D eigenvalue weighted by molar-refractivity contribution is 6.06. The Kier molecular flexibility index (Phi) is 6.38. The highest BCUT2D eigenvalue weighted by Crippen LogP contribution is 2.14. The highest BCUT2D eigenvalue weighted by Gasteiger charge is 2.40. The number of hydrogen-bond donors (Lipinski definition) is 1. The average Bonchev–Trinajstić information content (AvgIpc) is 2.65. The lowest BCUT2D eigenvalue weighted by molar-refractivity contribution is -0.138. The number of urea groups is 1. The van der Waals surface area contributed by atoms with E-state index in [-0.39, 0.29) is 24.3 Å². The van der Waals surface area contributed by atoms with Gasteiger partial charge in [-0.25, -0.2) is 4.79 Å². The van der Waals surface area contributed by atoms with Gasteiger partial charge in [0, 0.05) is 13.1 Å². The van der Waals surface area contributed by atoms with Crippen molar-refractivity contribution in [2.24, 2.45) is 17.8 Å². The van der Waals surface area contributed by atoms with E-state index in [1.807, 2.05) is 41.5 Å². The normalized spacial score (nSPS) is 18.6. The number of nitrogens with zero attached hydrogens (tertiary/aromatic N) is 2. The second-order valence-electron chi connectivity index (χ2n) is 7.18. The molecule has 1 saturated heterocycles. The molecule has 0 aliphatic carbocycles. The number of rotatable bonds is 7. The zero-order valence-electron chi connectivity index (χ0n) is 14.5. The van der Waals surface area contributed by atoms with Crippen LogP contribution in [0.15, 0.2) is 0 Å². The van der Waals surface area contributed by atoms with Crippen LogP contribution in [-0.2, 0) is 9.59 Å². The molecule has 126 valence electrons. The van der Waals surface area contributed by atoms with Gasteiger partial charge in [0.25, 0.3) is 5.91 Å². The lowest BCUT2D eigenvalue weighted by Gasteiger charge is -2.27. The summed E-state index contributed by atoms with van der Waals surface area (Å²) in [6.07, 6.45) is 0. The van der Waals surface area contributed by atoms with Gasteiger partial charge in [-0.3, -0.25) is 14.5 Å². The van der Waals surface area contributed by atoms with Crippen LogP contribution in [0, 0.1) is 17.8 Å². The van der Waals surface area contributed by atoms with E-state index in [1.165, 1.54) is 0 Å². The fourth-order valence-corrected chi connectivity index (χ4v) is 2.54. The SMILES string of the molecule is CC(C)CN(CC(C)C)C(=O)CN1C(=O)N[C@H](C(C)C)C1=O. The van der Waals surface area contributed by atoms with Crippen molar-refractivity contribution in [1.82, 2.24) is 15.1 Å². The number of carbonyl (C=O) groups excluding carboxylic acids is 3. The average molecular weight is 311 g/mol. The van der Waals surface area contributed by atoms with Crippen LogP contribution in [0.25, 0.3) is 0 Å². The maximum atomic E-state index is 12.5. The Morgan fingerprint density at radius 1 is 1.09 bits per heavy atom.